The first kappa shape index (κ1) is 26.5. The lowest BCUT2D eigenvalue weighted by Crippen LogP contribution is -2.45. The second-order valence-corrected chi connectivity index (χ2v) is 12.1. The maximum Gasteiger partial charge on any atom is 0.261 e. The number of rotatable bonds is 8. The van der Waals surface area contributed by atoms with E-state index in [4.69, 9.17) is 11.6 Å². The van der Waals surface area contributed by atoms with Crippen LogP contribution >= 0.6 is 11.6 Å². The van der Waals surface area contributed by atoms with Crippen LogP contribution in [0.5, 0.6) is 0 Å². The zero-order valence-corrected chi connectivity index (χ0v) is 22.0. The van der Waals surface area contributed by atoms with Crippen LogP contribution in [0.4, 0.5) is 17.1 Å². The highest BCUT2D eigenvalue weighted by Gasteiger charge is 2.29. The van der Waals surface area contributed by atoms with Crippen LogP contribution in [0.1, 0.15) is 18.1 Å². The summed E-state index contributed by atoms with van der Waals surface area (Å²) in [5, 5.41) is 3.06. The summed E-state index contributed by atoms with van der Waals surface area (Å²) in [4.78, 5) is 12.9. The molecule has 0 saturated heterocycles. The first-order valence-corrected chi connectivity index (χ1v) is 14.2. The van der Waals surface area contributed by atoms with Gasteiger partial charge in [0.1, 0.15) is 6.04 Å². The Bertz CT molecular complexity index is 1440. The molecule has 0 fully saturated rings. The fraction of sp³-hybridized carbons (Fsp3) is 0.208. The Balaban J connectivity index is 1.76. The number of nitrogens with one attached hydrogen (secondary N) is 2. The highest BCUT2D eigenvalue weighted by atomic mass is 35.5. The Hall–Kier alpha value is -3.08. The second kappa shape index (κ2) is 10.3. The molecule has 0 unspecified atom stereocenters. The third-order valence-electron chi connectivity index (χ3n) is 5.23. The summed E-state index contributed by atoms with van der Waals surface area (Å²) in [6, 6.07) is 16.0. The van der Waals surface area contributed by atoms with Crippen molar-refractivity contribution in [2.75, 3.05) is 20.6 Å². The largest absolute Gasteiger partial charge is 0.324 e. The number of carbonyl (C=O) groups excluding carboxylic acids is 1. The molecule has 0 bridgehead atoms. The van der Waals surface area contributed by atoms with Crippen LogP contribution in [0, 0.1) is 13.8 Å². The molecule has 0 aliphatic heterocycles. The molecule has 2 N–H and O–H groups in total. The van der Waals surface area contributed by atoms with Crippen molar-refractivity contribution in [3.8, 4) is 0 Å². The lowest BCUT2D eigenvalue weighted by molar-refractivity contribution is -0.116. The molecule has 1 atom stereocenters. The normalized spacial score (nSPS) is 12.6. The summed E-state index contributed by atoms with van der Waals surface area (Å²) < 4.78 is 53.9. The quantitative estimate of drug-likeness (QED) is 0.439. The van der Waals surface area contributed by atoms with Gasteiger partial charge >= 0.3 is 0 Å². The van der Waals surface area contributed by atoms with Gasteiger partial charge in [-0.3, -0.25) is 13.8 Å². The van der Waals surface area contributed by atoms with E-state index in [0.717, 1.165) is 21.7 Å². The average Bonchev–Trinajstić information content (AvgIpc) is 2.76. The lowest BCUT2D eigenvalue weighted by atomic mass is 10.1. The molecular formula is C24H26ClN3O5S2. The van der Waals surface area contributed by atoms with Crippen LogP contribution in [0.25, 0.3) is 0 Å². The van der Waals surface area contributed by atoms with Gasteiger partial charge in [-0.25, -0.2) is 16.8 Å². The van der Waals surface area contributed by atoms with Gasteiger partial charge in [0.25, 0.3) is 10.0 Å². The van der Waals surface area contributed by atoms with E-state index in [2.05, 4.69) is 10.0 Å². The molecule has 0 aliphatic rings. The van der Waals surface area contributed by atoms with Gasteiger partial charge in [-0.05, 0) is 80.9 Å². The number of hydrogen-bond donors (Lipinski definition) is 2. The Labute approximate surface area is 211 Å². The standard InChI is InChI=1S/C24H26ClN3O5S2/c1-16-5-14-23(17(2)15-16)27-35(32,33)22-12-8-20(9-13-22)26-24(29)18(3)28(34(4,30)31)21-10-6-19(25)7-11-21/h5-15,18,27H,1-4H3,(H,26,29)/t18-/m1/s1. The van der Waals surface area contributed by atoms with Crippen molar-refractivity contribution < 1.29 is 21.6 Å². The van der Waals surface area contributed by atoms with Gasteiger partial charge in [0.05, 0.1) is 22.5 Å². The van der Waals surface area contributed by atoms with Gasteiger partial charge in [0.2, 0.25) is 15.9 Å². The summed E-state index contributed by atoms with van der Waals surface area (Å²) in [7, 11) is -7.63. The molecule has 0 saturated carbocycles. The molecule has 186 valence electrons. The zero-order chi connectivity index (χ0) is 26.0. The topological polar surface area (TPSA) is 113 Å². The molecular weight excluding hydrogens is 510 g/mol. The predicted molar refractivity (Wildman–Crippen MR) is 140 cm³/mol. The SMILES string of the molecule is Cc1ccc(NS(=O)(=O)c2ccc(NC(=O)[C@@H](C)N(c3ccc(Cl)cc3)S(C)(=O)=O)cc2)c(C)c1. The molecule has 0 spiro atoms. The summed E-state index contributed by atoms with van der Waals surface area (Å²) in [6.07, 6.45) is 1.01. The highest BCUT2D eigenvalue weighted by molar-refractivity contribution is 7.92. The number of aryl methyl sites for hydroxylation is 2. The average molecular weight is 536 g/mol. The van der Waals surface area contributed by atoms with E-state index in [9.17, 15) is 21.6 Å². The van der Waals surface area contributed by atoms with Crippen molar-refractivity contribution in [3.05, 3.63) is 82.9 Å². The predicted octanol–water partition coefficient (Wildman–Crippen LogP) is 4.55. The number of anilines is 3. The summed E-state index contributed by atoms with van der Waals surface area (Å²) in [6.45, 7) is 5.19. The van der Waals surface area contributed by atoms with Crippen LogP contribution in [0.2, 0.25) is 5.02 Å². The minimum Gasteiger partial charge on any atom is -0.324 e. The maximum atomic E-state index is 12.9. The van der Waals surface area contributed by atoms with Gasteiger partial charge in [-0.15, -0.1) is 0 Å². The van der Waals surface area contributed by atoms with Crippen LogP contribution in [-0.2, 0) is 24.8 Å². The number of benzene rings is 3. The maximum absolute atomic E-state index is 12.9. The molecule has 0 radical (unpaired) electrons. The summed E-state index contributed by atoms with van der Waals surface area (Å²) in [5.41, 5.74) is 2.90. The third-order valence-corrected chi connectivity index (χ3v) is 8.10. The lowest BCUT2D eigenvalue weighted by Gasteiger charge is -2.28. The Morgan fingerprint density at radius 3 is 2.06 bits per heavy atom. The van der Waals surface area contributed by atoms with Gasteiger partial charge in [-0.2, -0.15) is 0 Å². The molecule has 11 heteroatoms. The summed E-state index contributed by atoms with van der Waals surface area (Å²) in [5.74, 6) is -0.589. The summed E-state index contributed by atoms with van der Waals surface area (Å²) >= 11 is 5.89. The van der Waals surface area contributed by atoms with Gasteiger partial charge in [0, 0.05) is 10.7 Å². The van der Waals surface area contributed by atoms with Gasteiger partial charge in [-0.1, -0.05) is 29.3 Å². The molecule has 0 aromatic heterocycles. The number of nitrogens with zero attached hydrogens (tertiary/aromatic N) is 1. The van der Waals surface area contributed by atoms with E-state index < -0.39 is 32.0 Å². The number of hydrogen-bond acceptors (Lipinski definition) is 5. The van der Waals surface area contributed by atoms with Crippen molar-refractivity contribution in [2.24, 2.45) is 0 Å². The van der Waals surface area contributed by atoms with Gasteiger partial charge in [0.15, 0.2) is 0 Å². The molecule has 0 heterocycles. The van der Waals surface area contributed by atoms with Crippen molar-refractivity contribution in [2.45, 2.75) is 31.7 Å². The fourth-order valence-electron chi connectivity index (χ4n) is 3.49. The number of carbonyl (C=O) groups is 1. The molecule has 1 amide bonds. The monoisotopic (exact) mass is 535 g/mol. The van der Waals surface area contributed by atoms with Crippen LogP contribution in [0.15, 0.2) is 71.6 Å². The number of amides is 1. The van der Waals surface area contributed by atoms with E-state index in [0.29, 0.717) is 22.1 Å². The van der Waals surface area contributed by atoms with Crippen molar-refractivity contribution in [3.63, 3.8) is 0 Å². The van der Waals surface area contributed by atoms with Crippen molar-refractivity contribution in [1.29, 1.82) is 0 Å². The van der Waals surface area contributed by atoms with Gasteiger partial charge < -0.3 is 5.32 Å². The van der Waals surface area contributed by atoms with E-state index in [-0.39, 0.29) is 4.90 Å². The van der Waals surface area contributed by atoms with E-state index >= 15 is 0 Å². The molecule has 3 aromatic rings. The molecule has 0 aliphatic carbocycles. The smallest absolute Gasteiger partial charge is 0.261 e. The van der Waals surface area contributed by atoms with E-state index in [1.807, 2.05) is 26.0 Å². The van der Waals surface area contributed by atoms with Crippen molar-refractivity contribution >= 4 is 54.6 Å². The van der Waals surface area contributed by atoms with E-state index in [1.165, 1.54) is 55.5 Å². The molecule has 3 rings (SSSR count). The van der Waals surface area contributed by atoms with Crippen molar-refractivity contribution in [1.82, 2.24) is 0 Å². The van der Waals surface area contributed by atoms with Crippen LogP contribution in [0.3, 0.4) is 0 Å². The number of sulfonamides is 2. The Morgan fingerprint density at radius 2 is 1.51 bits per heavy atom. The molecule has 3 aromatic carbocycles. The minimum absolute atomic E-state index is 0.0162. The first-order chi connectivity index (χ1) is 16.3. The van der Waals surface area contributed by atoms with Crippen LogP contribution in [-0.4, -0.2) is 35.0 Å². The van der Waals surface area contributed by atoms with Crippen LogP contribution < -0.4 is 14.3 Å². The molecule has 35 heavy (non-hydrogen) atoms. The number of halogens is 1. The van der Waals surface area contributed by atoms with E-state index in [1.54, 1.807) is 6.07 Å². The fourth-order valence-corrected chi connectivity index (χ4v) is 5.92. The zero-order valence-electron chi connectivity index (χ0n) is 19.6. The Kier molecular flexibility index (Phi) is 7.78. The first-order valence-electron chi connectivity index (χ1n) is 10.5. The minimum atomic E-state index is -3.84. The third kappa shape index (κ3) is 6.53. The molecule has 8 nitrogen and oxygen atoms in total. The highest BCUT2D eigenvalue weighted by Crippen LogP contribution is 2.25. The second-order valence-electron chi connectivity index (χ2n) is 8.15. The Morgan fingerprint density at radius 1 is 0.914 bits per heavy atom.